The Kier molecular flexibility index (Phi) is 5.76. The molecule has 0 saturated carbocycles. The average Bonchev–Trinajstić information content (AvgIpc) is 2.56. The number of benzene rings is 1. The molecule has 7 heteroatoms. The highest BCUT2D eigenvalue weighted by Gasteiger charge is 2.15. The molecular weight excluding hydrogens is 298 g/mol. The highest BCUT2D eigenvalue weighted by molar-refractivity contribution is 5.78. The van der Waals surface area contributed by atoms with Gasteiger partial charge in [0.05, 0.1) is 18.0 Å². The van der Waals surface area contributed by atoms with Gasteiger partial charge in [-0.15, -0.1) is 0 Å². The lowest BCUT2D eigenvalue weighted by Gasteiger charge is -2.21. The first kappa shape index (κ1) is 16.6. The van der Waals surface area contributed by atoms with Crippen molar-refractivity contribution in [2.24, 2.45) is 0 Å². The van der Waals surface area contributed by atoms with Crippen LogP contribution in [0.2, 0.25) is 0 Å². The summed E-state index contributed by atoms with van der Waals surface area (Å²) < 4.78 is 0. The molecule has 2 aromatic rings. The molecule has 1 aromatic carbocycles. The number of nitro benzene ring substituents is 1. The lowest BCUT2D eigenvalue weighted by Crippen LogP contribution is -2.34. The minimum atomic E-state index is -0.480. The molecule has 0 radical (unpaired) electrons. The minimum Gasteiger partial charge on any atom is -0.395 e. The van der Waals surface area contributed by atoms with Gasteiger partial charge in [0.25, 0.3) is 5.69 Å². The second-order valence-corrected chi connectivity index (χ2v) is 5.00. The number of hydrogen-bond acceptors (Lipinski definition) is 5. The Balaban J connectivity index is 2.04. The van der Waals surface area contributed by atoms with Crippen LogP contribution in [-0.4, -0.2) is 39.0 Å². The number of aliphatic hydroxyl groups is 1. The number of hydrogen-bond donors (Lipinski definition) is 1. The van der Waals surface area contributed by atoms with Gasteiger partial charge in [-0.3, -0.25) is 19.9 Å². The normalized spacial score (nSPS) is 10.3. The van der Waals surface area contributed by atoms with Crippen LogP contribution in [0, 0.1) is 10.1 Å². The molecule has 0 aliphatic rings. The van der Waals surface area contributed by atoms with Crippen molar-refractivity contribution in [1.29, 1.82) is 0 Å². The molecular formula is C16H17N3O4. The van der Waals surface area contributed by atoms with Gasteiger partial charge in [-0.2, -0.15) is 0 Å². The zero-order valence-corrected chi connectivity index (χ0v) is 12.5. The molecule has 0 unspecified atom stereocenters. The van der Waals surface area contributed by atoms with E-state index in [1.165, 1.54) is 12.1 Å². The summed E-state index contributed by atoms with van der Waals surface area (Å²) in [6, 6.07) is 9.53. The van der Waals surface area contributed by atoms with E-state index >= 15 is 0 Å². The molecule has 0 aliphatic heterocycles. The fourth-order valence-corrected chi connectivity index (χ4v) is 2.15. The van der Waals surface area contributed by atoms with Gasteiger partial charge in [0.1, 0.15) is 0 Å². The summed E-state index contributed by atoms with van der Waals surface area (Å²) in [5, 5.41) is 19.8. The Morgan fingerprint density at radius 3 is 2.52 bits per heavy atom. The summed E-state index contributed by atoms with van der Waals surface area (Å²) >= 11 is 0. The van der Waals surface area contributed by atoms with E-state index < -0.39 is 4.92 Å². The Labute approximate surface area is 133 Å². The summed E-state index contributed by atoms with van der Waals surface area (Å²) in [5.74, 6) is -0.156. The van der Waals surface area contributed by atoms with E-state index in [-0.39, 0.29) is 31.2 Å². The summed E-state index contributed by atoms with van der Waals surface area (Å²) in [6.45, 7) is 0.452. The monoisotopic (exact) mass is 315 g/mol. The zero-order chi connectivity index (χ0) is 16.7. The van der Waals surface area contributed by atoms with Gasteiger partial charge in [-0.25, -0.2) is 0 Å². The van der Waals surface area contributed by atoms with Crippen molar-refractivity contribution in [3.05, 3.63) is 70.0 Å². The highest BCUT2D eigenvalue weighted by Crippen LogP contribution is 2.13. The van der Waals surface area contributed by atoms with Crippen LogP contribution in [-0.2, 0) is 17.8 Å². The molecule has 0 atom stereocenters. The second-order valence-electron chi connectivity index (χ2n) is 5.00. The van der Waals surface area contributed by atoms with Gasteiger partial charge in [-0.1, -0.05) is 18.2 Å². The van der Waals surface area contributed by atoms with Crippen molar-refractivity contribution in [3.8, 4) is 0 Å². The maximum atomic E-state index is 12.4. The minimum absolute atomic E-state index is 0.0104. The summed E-state index contributed by atoms with van der Waals surface area (Å²) in [6.07, 6.45) is 3.44. The molecule has 120 valence electrons. The van der Waals surface area contributed by atoms with Gasteiger partial charge >= 0.3 is 0 Å². The van der Waals surface area contributed by atoms with Crippen molar-refractivity contribution in [1.82, 2.24) is 9.88 Å². The zero-order valence-electron chi connectivity index (χ0n) is 12.5. The van der Waals surface area contributed by atoms with Crippen molar-refractivity contribution in [2.45, 2.75) is 13.0 Å². The molecule has 1 aromatic heterocycles. The number of nitro groups is 1. The third-order valence-electron chi connectivity index (χ3n) is 3.32. The predicted molar refractivity (Wildman–Crippen MR) is 83.5 cm³/mol. The first-order valence-electron chi connectivity index (χ1n) is 7.11. The fourth-order valence-electron chi connectivity index (χ4n) is 2.15. The number of pyridine rings is 1. The topological polar surface area (TPSA) is 96.6 Å². The summed E-state index contributed by atoms with van der Waals surface area (Å²) in [7, 11) is 0. The number of non-ortho nitro benzene ring substituents is 1. The molecule has 1 amide bonds. The van der Waals surface area contributed by atoms with Gasteiger partial charge in [0.2, 0.25) is 5.91 Å². The number of nitrogens with zero attached hydrogens (tertiary/aromatic N) is 3. The Bertz CT molecular complexity index is 659. The molecule has 0 fully saturated rings. The van der Waals surface area contributed by atoms with Gasteiger partial charge in [0, 0.05) is 37.6 Å². The number of carbonyl (C=O) groups excluding carboxylic acids is 1. The summed E-state index contributed by atoms with van der Waals surface area (Å²) in [4.78, 5) is 28.1. The van der Waals surface area contributed by atoms with E-state index in [1.54, 1.807) is 35.5 Å². The van der Waals surface area contributed by atoms with Crippen LogP contribution in [0.25, 0.3) is 0 Å². The maximum Gasteiger partial charge on any atom is 0.269 e. The van der Waals surface area contributed by atoms with E-state index in [0.29, 0.717) is 12.1 Å². The van der Waals surface area contributed by atoms with Crippen LogP contribution in [0.4, 0.5) is 5.69 Å². The van der Waals surface area contributed by atoms with E-state index in [9.17, 15) is 14.9 Å². The van der Waals surface area contributed by atoms with Crippen LogP contribution in [0.3, 0.4) is 0 Å². The predicted octanol–water partition coefficient (Wildman–Crippen LogP) is 1.55. The quantitative estimate of drug-likeness (QED) is 0.617. The molecule has 1 heterocycles. The molecule has 0 saturated heterocycles. The van der Waals surface area contributed by atoms with Crippen molar-refractivity contribution < 1.29 is 14.8 Å². The number of aliphatic hydroxyl groups excluding tert-OH is 1. The molecule has 0 bridgehead atoms. The van der Waals surface area contributed by atoms with Crippen LogP contribution in [0.1, 0.15) is 11.1 Å². The van der Waals surface area contributed by atoms with Crippen molar-refractivity contribution in [2.75, 3.05) is 13.2 Å². The lowest BCUT2D eigenvalue weighted by atomic mass is 10.1. The van der Waals surface area contributed by atoms with Gasteiger partial charge < -0.3 is 10.0 Å². The number of aromatic nitrogens is 1. The molecule has 23 heavy (non-hydrogen) atoms. The maximum absolute atomic E-state index is 12.4. The first-order valence-corrected chi connectivity index (χ1v) is 7.11. The number of carbonyl (C=O) groups is 1. The molecule has 0 spiro atoms. The smallest absolute Gasteiger partial charge is 0.269 e. The Morgan fingerprint density at radius 1 is 1.22 bits per heavy atom. The summed E-state index contributed by atoms with van der Waals surface area (Å²) in [5.41, 5.74) is 1.55. The number of rotatable bonds is 7. The van der Waals surface area contributed by atoms with E-state index in [2.05, 4.69) is 4.98 Å². The third-order valence-corrected chi connectivity index (χ3v) is 3.32. The standard InChI is InChI=1S/C16H17N3O4/c20-9-8-18(12-14-2-1-7-17-11-14)16(21)10-13-3-5-15(6-4-13)19(22)23/h1-7,11,20H,8-10,12H2. The Hall–Kier alpha value is -2.80. The lowest BCUT2D eigenvalue weighted by molar-refractivity contribution is -0.384. The van der Waals surface area contributed by atoms with E-state index in [1.807, 2.05) is 6.07 Å². The van der Waals surface area contributed by atoms with Crippen molar-refractivity contribution in [3.63, 3.8) is 0 Å². The highest BCUT2D eigenvalue weighted by atomic mass is 16.6. The van der Waals surface area contributed by atoms with Crippen LogP contribution in [0.5, 0.6) is 0 Å². The third kappa shape index (κ3) is 4.86. The van der Waals surface area contributed by atoms with E-state index in [4.69, 9.17) is 5.11 Å². The van der Waals surface area contributed by atoms with Crippen LogP contribution < -0.4 is 0 Å². The largest absolute Gasteiger partial charge is 0.395 e. The van der Waals surface area contributed by atoms with Gasteiger partial charge in [-0.05, 0) is 17.2 Å². The van der Waals surface area contributed by atoms with Gasteiger partial charge in [0.15, 0.2) is 0 Å². The first-order chi connectivity index (χ1) is 11.1. The number of amides is 1. The SMILES string of the molecule is O=C(Cc1ccc([N+](=O)[O-])cc1)N(CCO)Cc1cccnc1. The van der Waals surface area contributed by atoms with Crippen LogP contribution in [0.15, 0.2) is 48.8 Å². The van der Waals surface area contributed by atoms with Crippen LogP contribution >= 0.6 is 0 Å². The van der Waals surface area contributed by atoms with Crippen molar-refractivity contribution >= 4 is 11.6 Å². The average molecular weight is 315 g/mol. The molecule has 7 nitrogen and oxygen atoms in total. The molecule has 1 N–H and O–H groups in total. The second kappa shape index (κ2) is 8.00. The van der Waals surface area contributed by atoms with E-state index in [0.717, 1.165) is 5.56 Å². The Morgan fingerprint density at radius 2 is 1.96 bits per heavy atom. The molecule has 2 rings (SSSR count). The fraction of sp³-hybridized carbons (Fsp3) is 0.250. The molecule has 0 aliphatic carbocycles.